The Morgan fingerprint density at radius 3 is 2.67 bits per heavy atom. The monoisotopic (exact) mass is 265 g/mol. The van der Waals surface area contributed by atoms with E-state index in [1.807, 2.05) is 6.92 Å². The summed E-state index contributed by atoms with van der Waals surface area (Å²) >= 11 is 6.00. The van der Waals surface area contributed by atoms with Crippen molar-refractivity contribution in [2.75, 3.05) is 0 Å². The van der Waals surface area contributed by atoms with E-state index >= 15 is 0 Å². The molecule has 0 bridgehead atoms. The maximum atomic E-state index is 11.8. The van der Waals surface area contributed by atoms with Crippen molar-refractivity contribution >= 4 is 28.5 Å². The molecule has 5 heteroatoms. The van der Waals surface area contributed by atoms with Gasteiger partial charge in [0.1, 0.15) is 5.56 Å². The van der Waals surface area contributed by atoms with Crippen LogP contribution in [0.15, 0.2) is 16.9 Å². The van der Waals surface area contributed by atoms with E-state index in [4.69, 9.17) is 16.7 Å². The molecule has 0 aliphatic rings. The second-order valence-corrected chi connectivity index (χ2v) is 4.47. The maximum Gasteiger partial charge on any atom is 0.341 e. The van der Waals surface area contributed by atoms with Crippen LogP contribution in [0.5, 0.6) is 0 Å². The standard InChI is InChI=1S/C13H12ClNO3/c1-3-7-8-4-5-9(14)6(2)11(8)15-12(16)10(7)13(17)18/h4-5H,3H2,1-2H3,(H,15,16)(H,17,18). The van der Waals surface area contributed by atoms with Crippen LogP contribution in [0.2, 0.25) is 5.02 Å². The summed E-state index contributed by atoms with van der Waals surface area (Å²) in [5.41, 5.74) is 1.12. The molecule has 0 aliphatic carbocycles. The lowest BCUT2D eigenvalue weighted by molar-refractivity contribution is 0.0694. The van der Waals surface area contributed by atoms with Gasteiger partial charge in [-0.05, 0) is 30.5 Å². The highest BCUT2D eigenvalue weighted by Gasteiger charge is 2.18. The number of carboxylic acid groups (broad SMARTS) is 1. The van der Waals surface area contributed by atoms with Crippen molar-refractivity contribution in [3.8, 4) is 0 Å². The Morgan fingerprint density at radius 2 is 2.11 bits per heavy atom. The summed E-state index contributed by atoms with van der Waals surface area (Å²) in [6.45, 7) is 3.62. The third-order valence-electron chi connectivity index (χ3n) is 3.06. The van der Waals surface area contributed by atoms with Crippen molar-refractivity contribution in [3.63, 3.8) is 0 Å². The molecule has 2 aromatic rings. The Bertz CT molecular complexity index is 703. The summed E-state index contributed by atoms with van der Waals surface area (Å²) in [6, 6.07) is 3.45. The quantitative estimate of drug-likeness (QED) is 0.877. The van der Waals surface area contributed by atoms with Crippen LogP contribution in [-0.2, 0) is 6.42 Å². The number of halogens is 1. The van der Waals surface area contributed by atoms with Gasteiger partial charge in [0.2, 0.25) is 0 Å². The molecule has 4 nitrogen and oxygen atoms in total. The number of pyridine rings is 1. The Hall–Kier alpha value is -1.81. The number of H-pyrrole nitrogens is 1. The highest BCUT2D eigenvalue weighted by atomic mass is 35.5. The fourth-order valence-corrected chi connectivity index (χ4v) is 2.30. The first-order valence-corrected chi connectivity index (χ1v) is 5.92. The largest absolute Gasteiger partial charge is 0.477 e. The van der Waals surface area contributed by atoms with Gasteiger partial charge in [-0.1, -0.05) is 24.6 Å². The lowest BCUT2D eigenvalue weighted by Gasteiger charge is -2.10. The molecule has 18 heavy (non-hydrogen) atoms. The molecule has 0 saturated carbocycles. The minimum Gasteiger partial charge on any atom is -0.477 e. The SMILES string of the molecule is CCc1c(C(=O)O)c(=O)[nH]c2c(C)c(Cl)ccc12. The number of carboxylic acids is 1. The Kier molecular flexibility index (Phi) is 3.13. The molecule has 0 saturated heterocycles. The van der Waals surface area contributed by atoms with Gasteiger partial charge in [-0.2, -0.15) is 0 Å². The average molecular weight is 266 g/mol. The minimum absolute atomic E-state index is 0.188. The fourth-order valence-electron chi connectivity index (χ4n) is 2.14. The van der Waals surface area contributed by atoms with Crippen molar-refractivity contribution in [1.29, 1.82) is 0 Å². The number of hydrogen-bond donors (Lipinski definition) is 2. The van der Waals surface area contributed by atoms with Crippen molar-refractivity contribution < 1.29 is 9.90 Å². The van der Waals surface area contributed by atoms with Crippen molar-refractivity contribution in [2.24, 2.45) is 0 Å². The number of hydrogen-bond acceptors (Lipinski definition) is 2. The number of aromatic nitrogens is 1. The molecule has 1 aromatic carbocycles. The van der Waals surface area contributed by atoms with Crippen LogP contribution in [0.1, 0.15) is 28.4 Å². The molecular weight excluding hydrogens is 254 g/mol. The molecule has 2 N–H and O–H groups in total. The van der Waals surface area contributed by atoms with Crippen molar-refractivity contribution in [3.05, 3.63) is 44.2 Å². The second-order valence-electron chi connectivity index (χ2n) is 4.06. The number of nitrogens with one attached hydrogen (secondary N) is 1. The topological polar surface area (TPSA) is 70.2 Å². The van der Waals surface area contributed by atoms with E-state index in [1.165, 1.54) is 0 Å². The lowest BCUT2D eigenvalue weighted by Crippen LogP contribution is -2.21. The average Bonchev–Trinajstić information content (AvgIpc) is 2.32. The van der Waals surface area contributed by atoms with E-state index < -0.39 is 11.5 Å². The molecular formula is C13H12ClNO3. The van der Waals surface area contributed by atoms with Gasteiger partial charge in [-0.15, -0.1) is 0 Å². The third-order valence-corrected chi connectivity index (χ3v) is 3.47. The zero-order chi connectivity index (χ0) is 13.4. The summed E-state index contributed by atoms with van der Waals surface area (Å²) in [5.74, 6) is -1.21. The maximum absolute atomic E-state index is 11.8. The van der Waals surface area contributed by atoms with Crippen LogP contribution >= 0.6 is 11.6 Å². The van der Waals surface area contributed by atoms with E-state index in [-0.39, 0.29) is 5.56 Å². The third kappa shape index (κ3) is 1.78. The first kappa shape index (κ1) is 12.6. The minimum atomic E-state index is -1.21. The Balaban J connectivity index is 3.02. The molecule has 0 aliphatic heterocycles. The molecule has 0 radical (unpaired) electrons. The van der Waals surface area contributed by atoms with Gasteiger partial charge in [0.25, 0.3) is 5.56 Å². The normalized spacial score (nSPS) is 10.8. The van der Waals surface area contributed by atoms with Gasteiger partial charge in [0.05, 0.1) is 5.52 Å². The number of rotatable bonds is 2. The van der Waals surface area contributed by atoms with Crippen LogP contribution < -0.4 is 5.56 Å². The molecule has 2 rings (SSSR count). The van der Waals surface area contributed by atoms with Crippen LogP contribution in [0.3, 0.4) is 0 Å². The molecule has 0 spiro atoms. The number of aromatic carboxylic acids is 1. The fraction of sp³-hybridized carbons (Fsp3) is 0.231. The summed E-state index contributed by atoms with van der Waals surface area (Å²) in [5, 5.41) is 10.4. The smallest absolute Gasteiger partial charge is 0.341 e. The molecule has 0 fully saturated rings. The van der Waals surface area contributed by atoms with Gasteiger partial charge in [0.15, 0.2) is 0 Å². The van der Waals surface area contributed by atoms with Gasteiger partial charge in [0, 0.05) is 10.4 Å². The van der Waals surface area contributed by atoms with Crippen molar-refractivity contribution in [1.82, 2.24) is 4.98 Å². The van der Waals surface area contributed by atoms with Crippen LogP contribution in [0.25, 0.3) is 10.9 Å². The number of aryl methyl sites for hydroxylation is 2. The van der Waals surface area contributed by atoms with Crippen LogP contribution in [-0.4, -0.2) is 16.1 Å². The van der Waals surface area contributed by atoms with E-state index in [1.54, 1.807) is 19.1 Å². The van der Waals surface area contributed by atoms with Gasteiger partial charge >= 0.3 is 5.97 Å². The van der Waals surface area contributed by atoms with Crippen LogP contribution in [0, 0.1) is 6.92 Å². The number of carbonyl (C=O) groups is 1. The zero-order valence-corrected chi connectivity index (χ0v) is 10.8. The van der Waals surface area contributed by atoms with E-state index in [2.05, 4.69) is 4.98 Å². The number of aromatic amines is 1. The number of benzene rings is 1. The van der Waals surface area contributed by atoms with Crippen molar-refractivity contribution in [2.45, 2.75) is 20.3 Å². The molecule has 0 unspecified atom stereocenters. The predicted octanol–water partition coefficient (Wildman–Crippen LogP) is 2.75. The zero-order valence-electron chi connectivity index (χ0n) is 10.0. The molecule has 1 heterocycles. The van der Waals surface area contributed by atoms with Gasteiger partial charge in [-0.3, -0.25) is 4.79 Å². The highest BCUT2D eigenvalue weighted by molar-refractivity contribution is 6.32. The first-order valence-electron chi connectivity index (χ1n) is 5.54. The van der Waals surface area contributed by atoms with Gasteiger partial charge in [-0.25, -0.2) is 4.79 Å². The first-order chi connectivity index (χ1) is 8.47. The van der Waals surface area contributed by atoms with E-state index in [0.29, 0.717) is 22.5 Å². The summed E-state index contributed by atoms with van der Waals surface area (Å²) < 4.78 is 0. The van der Waals surface area contributed by atoms with E-state index in [9.17, 15) is 9.59 Å². The second kappa shape index (κ2) is 4.46. The molecule has 0 amide bonds. The summed E-state index contributed by atoms with van der Waals surface area (Å²) in [6.07, 6.45) is 0.475. The summed E-state index contributed by atoms with van der Waals surface area (Å²) in [7, 11) is 0. The van der Waals surface area contributed by atoms with Crippen LogP contribution in [0.4, 0.5) is 0 Å². The van der Waals surface area contributed by atoms with Gasteiger partial charge < -0.3 is 10.1 Å². The predicted molar refractivity (Wildman–Crippen MR) is 70.7 cm³/mol. The highest BCUT2D eigenvalue weighted by Crippen LogP contribution is 2.26. The molecule has 0 atom stereocenters. The number of fused-ring (bicyclic) bond motifs is 1. The summed E-state index contributed by atoms with van der Waals surface area (Å²) in [4.78, 5) is 25.6. The van der Waals surface area contributed by atoms with E-state index in [0.717, 1.165) is 10.9 Å². The molecule has 1 aromatic heterocycles. The molecule has 94 valence electrons. The lowest BCUT2D eigenvalue weighted by atomic mass is 9.99. The Labute approximate surface area is 108 Å². The Morgan fingerprint density at radius 1 is 1.44 bits per heavy atom.